The third-order valence-corrected chi connectivity index (χ3v) is 6.83. The van der Waals surface area contributed by atoms with E-state index in [1.165, 1.54) is 12.1 Å². The van der Waals surface area contributed by atoms with Crippen LogP contribution in [0.15, 0.2) is 79.1 Å². The van der Waals surface area contributed by atoms with Crippen LogP contribution in [0.5, 0.6) is 0 Å². The summed E-state index contributed by atoms with van der Waals surface area (Å²) >= 11 is 0. The Morgan fingerprint density at radius 2 is 1.68 bits per heavy atom. The van der Waals surface area contributed by atoms with Crippen molar-refractivity contribution in [3.8, 4) is 11.3 Å². The highest BCUT2D eigenvalue weighted by molar-refractivity contribution is 6.05. The van der Waals surface area contributed by atoms with Crippen LogP contribution in [0.1, 0.15) is 27.2 Å². The summed E-state index contributed by atoms with van der Waals surface area (Å²) in [5.74, 6) is -0.218. The Morgan fingerprint density at radius 1 is 0.974 bits per heavy atom. The van der Waals surface area contributed by atoms with Gasteiger partial charge in [-0.3, -0.25) is 14.7 Å². The lowest BCUT2D eigenvalue weighted by Gasteiger charge is -2.36. The summed E-state index contributed by atoms with van der Waals surface area (Å²) in [7, 11) is 0. The fourth-order valence-electron chi connectivity index (χ4n) is 4.81. The number of piperazine rings is 1. The zero-order chi connectivity index (χ0) is 26.7. The lowest BCUT2D eigenvalue weighted by atomic mass is 10.1. The zero-order valence-corrected chi connectivity index (χ0v) is 20.9. The van der Waals surface area contributed by atoms with Crippen LogP contribution in [0.25, 0.3) is 11.3 Å². The molecule has 6 nitrogen and oxygen atoms in total. The molecule has 1 fully saturated rings. The number of halogens is 3. The summed E-state index contributed by atoms with van der Waals surface area (Å²) in [6.07, 6.45) is -1.20. The molecule has 1 saturated heterocycles. The predicted molar refractivity (Wildman–Crippen MR) is 142 cm³/mol. The number of pyridine rings is 1. The van der Waals surface area contributed by atoms with Crippen LogP contribution in [0, 0.1) is 6.92 Å². The Hall–Kier alpha value is -4.11. The second kappa shape index (κ2) is 10.7. The van der Waals surface area contributed by atoms with Gasteiger partial charge in [0.25, 0.3) is 5.91 Å². The summed E-state index contributed by atoms with van der Waals surface area (Å²) in [5.41, 5.74) is 4.97. The van der Waals surface area contributed by atoms with Crippen LogP contribution >= 0.6 is 0 Å². The molecule has 9 heteroatoms. The van der Waals surface area contributed by atoms with Crippen LogP contribution in [-0.2, 0) is 12.7 Å². The second-order valence-electron chi connectivity index (χ2n) is 9.35. The number of H-pyrrole nitrogens is 1. The van der Waals surface area contributed by atoms with Gasteiger partial charge in [-0.25, -0.2) is 0 Å². The van der Waals surface area contributed by atoms with Gasteiger partial charge in [-0.05, 0) is 42.8 Å². The first-order chi connectivity index (χ1) is 18.3. The Balaban J connectivity index is 1.37. The smallest absolute Gasteiger partial charge is 0.369 e. The third kappa shape index (κ3) is 5.57. The number of carbonyl (C=O) groups excluding carboxylic acids is 1. The van der Waals surface area contributed by atoms with E-state index in [1.54, 1.807) is 30.6 Å². The second-order valence-corrected chi connectivity index (χ2v) is 9.35. The molecule has 1 amide bonds. The number of aromatic amines is 1. The van der Waals surface area contributed by atoms with E-state index < -0.39 is 11.7 Å². The summed E-state index contributed by atoms with van der Waals surface area (Å²) < 4.78 is 39.6. The van der Waals surface area contributed by atoms with Gasteiger partial charge in [0.05, 0.1) is 16.9 Å². The minimum Gasteiger partial charge on any atom is -0.369 e. The molecule has 1 aliphatic rings. The van der Waals surface area contributed by atoms with Crippen LogP contribution in [0.2, 0.25) is 0 Å². The molecule has 0 saturated carbocycles. The zero-order valence-electron chi connectivity index (χ0n) is 20.9. The first-order valence-corrected chi connectivity index (χ1v) is 12.4. The van der Waals surface area contributed by atoms with E-state index in [-0.39, 0.29) is 5.91 Å². The number of aromatic nitrogens is 2. The van der Waals surface area contributed by atoms with Crippen molar-refractivity contribution >= 4 is 17.3 Å². The van der Waals surface area contributed by atoms with Gasteiger partial charge in [0.1, 0.15) is 0 Å². The van der Waals surface area contributed by atoms with E-state index in [0.717, 1.165) is 34.3 Å². The molecule has 0 bridgehead atoms. The number of benzene rings is 2. The minimum absolute atomic E-state index is 0.218. The van der Waals surface area contributed by atoms with Crippen molar-refractivity contribution in [2.75, 3.05) is 36.4 Å². The highest BCUT2D eigenvalue weighted by atomic mass is 19.4. The Morgan fingerprint density at radius 3 is 2.37 bits per heavy atom. The van der Waals surface area contributed by atoms with Gasteiger partial charge < -0.3 is 15.2 Å². The third-order valence-electron chi connectivity index (χ3n) is 6.83. The lowest BCUT2D eigenvalue weighted by molar-refractivity contribution is -0.137. The molecule has 0 atom stereocenters. The van der Waals surface area contributed by atoms with E-state index in [0.29, 0.717) is 44.0 Å². The van der Waals surface area contributed by atoms with Crippen molar-refractivity contribution in [3.05, 3.63) is 102 Å². The fourth-order valence-corrected chi connectivity index (χ4v) is 4.81. The number of alkyl halides is 3. The maximum absolute atomic E-state index is 13.2. The number of amides is 1. The van der Waals surface area contributed by atoms with Gasteiger partial charge in [0, 0.05) is 67.6 Å². The van der Waals surface area contributed by atoms with E-state index >= 15 is 0 Å². The maximum atomic E-state index is 13.2. The van der Waals surface area contributed by atoms with E-state index in [1.807, 2.05) is 42.2 Å². The molecule has 3 heterocycles. The molecule has 0 aliphatic carbocycles. The number of hydrogen-bond acceptors (Lipinski definition) is 4. The molecular formula is C29H28F3N5O. The Labute approximate surface area is 219 Å². The number of carbonyl (C=O) groups is 1. The molecule has 38 heavy (non-hydrogen) atoms. The molecule has 0 unspecified atom stereocenters. The van der Waals surface area contributed by atoms with Crippen molar-refractivity contribution in [1.29, 1.82) is 0 Å². The molecule has 0 spiro atoms. The van der Waals surface area contributed by atoms with Gasteiger partial charge in [-0.1, -0.05) is 36.4 Å². The molecule has 1 aliphatic heterocycles. The molecule has 2 aromatic heterocycles. The molecule has 0 radical (unpaired) electrons. The normalized spacial score (nSPS) is 14.5. The Kier molecular flexibility index (Phi) is 7.20. The van der Waals surface area contributed by atoms with E-state index in [4.69, 9.17) is 0 Å². The number of hydrogen-bond donors (Lipinski definition) is 2. The largest absolute Gasteiger partial charge is 0.416 e. The average Bonchev–Trinajstić information content (AvgIpc) is 3.24. The molecule has 4 aromatic rings. The monoisotopic (exact) mass is 519 g/mol. The quantitative estimate of drug-likeness (QED) is 0.329. The number of anilines is 2. The standard InChI is InChI=1S/C29H28F3N5O/c1-20-26(35-28(38)22-10-12-33-13-11-22)25(27(34-20)21-6-3-2-4-7-21)19-36-14-16-37(17-15-36)24-9-5-8-23(18-24)29(30,31)32/h2-13,18,34H,14-17,19H2,1H3,(H,35,38). The highest BCUT2D eigenvalue weighted by Crippen LogP contribution is 2.35. The highest BCUT2D eigenvalue weighted by Gasteiger charge is 2.31. The first kappa shape index (κ1) is 25.5. The summed E-state index contributed by atoms with van der Waals surface area (Å²) in [6, 6.07) is 18.8. The SMILES string of the molecule is Cc1[nH]c(-c2ccccc2)c(CN2CCN(c3cccc(C(F)(F)F)c3)CC2)c1NC(=O)c1ccncc1. The van der Waals surface area contributed by atoms with Gasteiger partial charge in [-0.15, -0.1) is 0 Å². The number of nitrogens with one attached hydrogen (secondary N) is 2. The molecule has 5 rings (SSSR count). The number of nitrogens with zero attached hydrogens (tertiary/aromatic N) is 3. The van der Waals surface area contributed by atoms with Crippen LogP contribution in [-0.4, -0.2) is 47.0 Å². The van der Waals surface area contributed by atoms with Gasteiger partial charge in [0.15, 0.2) is 0 Å². The lowest BCUT2D eigenvalue weighted by Crippen LogP contribution is -2.46. The van der Waals surface area contributed by atoms with Crippen molar-refractivity contribution in [3.63, 3.8) is 0 Å². The van der Waals surface area contributed by atoms with Gasteiger partial charge >= 0.3 is 6.18 Å². The van der Waals surface area contributed by atoms with E-state index in [2.05, 4.69) is 20.2 Å². The topological polar surface area (TPSA) is 64.3 Å². The molecule has 2 aromatic carbocycles. The summed E-state index contributed by atoms with van der Waals surface area (Å²) in [4.78, 5) is 24.7. The summed E-state index contributed by atoms with van der Waals surface area (Å²) in [5, 5.41) is 3.09. The van der Waals surface area contributed by atoms with Crippen LogP contribution < -0.4 is 10.2 Å². The minimum atomic E-state index is -4.37. The summed E-state index contributed by atoms with van der Waals surface area (Å²) in [6.45, 7) is 5.06. The van der Waals surface area contributed by atoms with Crippen LogP contribution in [0.3, 0.4) is 0 Å². The van der Waals surface area contributed by atoms with Crippen molar-refractivity contribution in [2.45, 2.75) is 19.6 Å². The van der Waals surface area contributed by atoms with Crippen molar-refractivity contribution in [2.24, 2.45) is 0 Å². The predicted octanol–water partition coefficient (Wildman–Crippen LogP) is 5.98. The van der Waals surface area contributed by atoms with Gasteiger partial charge in [0.2, 0.25) is 0 Å². The Bertz CT molecular complexity index is 1390. The van der Waals surface area contributed by atoms with Crippen molar-refractivity contribution in [1.82, 2.24) is 14.9 Å². The molecule has 2 N–H and O–H groups in total. The fraction of sp³-hybridized carbons (Fsp3) is 0.241. The molecule has 196 valence electrons. The van der Waals surface area contributed by atoms with Gasteiger partial charge in [-0.2, -0.15) is 13.2 Å². The maximum Gasteiger partial charge on any atom is 0.416 e. The average molecular weight is 520 g/mol. The molecular weight excluding hydrogens is 491 g/mol. The van der Waals surface area contributed by atoms with E-state index in [9.17, 15) is 18.0 Å². The first-order valence-electron chi connectivity index (χ1n) is 12.4. The number of aryl methyl sites for hydroxylation is 1. The van der Waals surface area contributed by atoms with Crippen molar-refractivity contribution < 1.29 is 18.0 Å². The van der Waals surface area contributed by atoms with Crippen LogP contribution in [0.4, 0.5) is 24.5 Å². The number of rotatable bonds is 6.